The first-order valence-electron chi connectivity index (χ1n) is 6.77. The van der Waals surface area contributed by atoms with Gasteiger partial charge in [-0.15, -0.1) is 0 Å². The zero-order chi connectivity index (χ0) is 15.6. The van der Waals surface area contributed by atoms with Gasteiger partial charge in [-0.05, 0) is 36.4 Å². The Morgan fingerprint density at radius 1 is 0.826 bits per heavy atom. The van der Waals surface area contributed by atoms with Gasteiger partial charge in [0.05, 0.1) is 0 Å². The lowest BCUT2D eigenvalue weighted by atomic mass is 10.1. The maximum Gasteiger partial charge on any atom is 0.280 e. The van der Waals surface area contributed by atoms with Gasteiger partial charge in [-0.3, -0.25) is 4.98 Å². The first-order valence-corrected chi connectivity index (χ1v) is 6.77. The van der Waals surface area contributed by atoms with Gasteiger partial charge in [0.25, 0.3) is 5.89 Å². The molecular formula is C16H9FN4O2. The highest BCUT2D eigenvalue weighted by molar-refractivity contribution is 5.63. The van der Waals surface area contributed by atoms with Gasteiger partial charge < -0.3 is 9.05 Å². The van der Waals surface area contributed by atoms with Gasteiger partial charge in [-0.25, -0.2) is 4.39 Å². The van der Waals surface area contributed by atoms with Gasteiger partial charge in [-0.1, -0.05) is 10.3 Å². The molecule has 112 valence electrons. The maximum atomic E-state index is 13.0. The van der Waals surface area contributed by atoms with Crippen LogP contribution in [0.1, 0.15) is 0 Å². The molecule has 23 heavy (non-hydrogen) atoms. The van der Waals surface area contributed by atoms with E-state index in [-0.39, 0.29) is 11.7 Å². The van der Waals surface area contributed by atoms with E-state index in [0.29, 0.717) is 22.8 Å². The van der Waals surface area contributed by atoms with Crippen LogP contribution >= 0.6 is 0 Å². The number of hydrogen-bond acceptors (Lipinski definition) is 6. The van der Waals surface area contributed by atoms with Gasteiger partial charge in [0.1, 0.15) is 5.82 Å². The SMILES string of the molecule is Fc1ccc(-c2cc(-c3nc(-c4ccncc4)no3)no2)cc1. The number of halogens is 1. The summed E-state index contributed by atoms with van der Waals surface area (Å²) in [4.78, 5) is 8.22. The first kappa shape index (κ1) is 13.3. The van der Waals surface area contributed by atoms with Crippen molar-refractivity contribution in [2.45, 2.75) is 0 Å². The lowest BCUT2D eigenvalue weighted by Gasteiger charge is -1.93. The highest BCUT2D eigenvalue weighted by Gasteiger charge is 2.15. The fourth-order valence-electron chi connectivity index (χ4n) is 2.07. The molecule has 0 aliphatic heterocycles. The molecule has 0 spiro atoms. The van der Waals surface area contributed by atoms with Crippen molar-refractivity contribution < 1.29 is 13.4 Å². The van der Waals surface area contributed by atoms with Crippen molar-refractivity contribution in [3.63, 3.8) is 0 Å². The zero-order valence-corrected chi connectivity index (χ0v) is 11.7. The Morgan fingerprint density at radius 3 is 2.39 bits per heavy atom. The Balaban J connectivity index is 1.65. The van der Waals surface area contributed by atoms with E-state index in [1.807, 2.05) is 0 Å². The molecule has 4 aromatic rings. The van der Waals surface area contributed by atoms with Crippen molar-refractivity contribution in [3.8, 4) is 34.3 Å². The van der Waals surface area contributed by atoms with Crippen LogP contribution in [0.5, 0.6) is 0 Å². The third kappa shape index (κ3) is 2.59. The summed E-state index contributed by atoms with van der Waals surface area (Å²) < 4.78 is 23.4. The van der Waals surface area contributed by atoms with Crippen LogP contribution in [-0.4, -0.2) is 20.3 Å². The molecule has 3 aromatic heterocycles. The minimum Gasteiger partial charge on any atom is -0.355 e. The second-order valence-corrected chi connectivity index (χ2v) is 4.74. The molecule has 0 bridgehead atoms. The van der Waals surface area contributed by atoms with Crippen LogP contribution in [0.4, 0.5) is 4.39 Å². The molecule has 0 radical (unpaired) electrons. The fraction of sp³-hybridized carbons (Fsp3) is 0. The molecule has 0 aliphatic carbocycles. The molecule has 1 aromatic carbocycles. The monoisotopic (exact) mass is 308 g/mol. The summed E-state index contributed by atoms with van der Waals surface area (Å²) in [5.74, 6) is 0.860. The maximum absolute atomic E-state index is 13.0. The molecule has 0 atom stereocenters. The van der Waals surface area contributed by atoms with Crippen molar-refractivity contribution in [3.05, 3.63) is 60.7 Å². The van der Waals surface area contributed by atoms with Crippen molar-refractivity contribution >= 4 is 0 Å². The van der Waals surface area contributed by atoms with Gasteiger partial charge in [0.2, 0.25) is 5.82 Å². The van der Waals surface area contributed by atoms with Crippen molar-refractivity contribution in [1.82, 2.24) is 20.3 Å². The molecular weight excluding hydrogens is 299 g/mol. The second kappa shape index (κ2) is 5.45. The van der Waals surface area contributed by atoms with E-state index in [2.05, 4.69) is 20.3 Å². The van der Waals surface area contributed by atoms with Crippen molar-refractivity contribution in [2.24, 2.45) is 0 Å². The number of hydrogen-bond donors (Lipinski definition) is 0. The summed E-state index contributed by atoms with van der Waals surface area (Å²) >= 11 is 0. The first-order chi connectivity index (χ1) is 11.3. The van der Waals surface area contributed by atoms with E-state index >= 15 is 0 Å². The molecule has 0 N–H and O–H groups in total. The van der Waals surface area contributed by atoms with E-state index < -0.39 is 0 Å². The average molecular weight is 308 g/mol. The predicted molar refractivity (Wildman–Crippen MR) is 78.4 cm³/mol. The van der Waals surface area contributed by atoms with E-state index in [1.165, 1.54) is 12.1 Å². The Bertz CT molecular complexity index is 932. The lowest BCUT2D eigenvalue weighted by molar-refractivity contribution is 0.411. The number of pyridine rings is 1. The highest BCUT2D eigenvalue weighted by Crippen LogP contribution is 2.26. The van der Waals surface area contributed by atoms with Crippen LogP contribution < -0.4 is 0 Å². The number of benzene rings is 1. The summed E-state index contributed by atoms with van der Waals surface area (Å²) in [7, 11) is 0. The summed E-state index contributed by atoms with van der Waals surface area (Å²) in [5, 5.41) is 7.83. The molecule has 0 unspecified atom stereocenters. The van der Waals surface area contributed by atoms with Crippen molar-refractivity contribution in [2.75, 3.05) is 0 Å². The quantitative estimate of drug-likeness (QED) is 0.575. The van der Waals surface area contributed by atoms with Gasteiger partial charge in [0.15, 0.2) is 11.5 Å². The number of aromatic nitrogens is 4. The van der Waals surface area contributed by atoms with Gasteiger partial charge >= 0.3 is 0 Å². The number of nitrogens with zero attached hydrogens (tertiary/aromatic N) is 4. The molecule has 4 rings (SSSR count). The van der Waals surface area contributed by atoms with Crippen LogP contribution in [0.3, 0.4) is 0 Å². The van der Waals surface area contributed by atoms with Crippen LogP contribution in [-0.2, 0) is 0 Å². The predicted octanol–water partition coefficient (Wildman–Crippen LogP) is 3.59. The summed E-state index contributed by atoms with van der Waals surface area (Å²) in [5.41, 5.74) is 1.91. The van der Waals surface area contributed by atoms with Crippen LogP contribution in [0.2, 0.25) is 0 Å². The third-order valence-corrected chi connectivity index (χ3v) is 3.22. The molecule has 0 fully saturated rings. The lowest BCUT2D eigenvalue weighted by Crippen LogP contribution is -1.81. The van der Waals surface area contributed by atoms with E-state index in [9.17, 15) is 4.39 Å². The largest absolute Gasteiger partial charge is 0.355 e. The molecule has 0 amide bonds. The minimum absolute atomic E-state index is 0.244. The minimum atomic E-state index is -0.313. The van der Waals surface area contributed by atoms with Gasteiger partial charge in [0, 0.05) is 29.6 Å². The fourth-order valence-corrected chi connectivity index (χ4v) is 2.07. The second-order valence-electron chi connectivity index (χ2n) is 4.74. The molecule has 3 heterocycles. The van der Waals surface area contributed by atoms with Crippen LogP contribution in [0.25, 0.3) is 34.3 Å². The Morgan fingerprint density at radius 2 is 1.61 bits per heavy atom. The molecule has 7 heteroatoms. The third-order valence-electron chi connectivity index (χ3n) is 3.22. The van der Waals surface area contributed by atoms with Gasteiger partial charge in [-0.2, -0.15) is 4.98 Å². The smallest absolute Gasteiger partial charge is 0.280 e. The highest BCUT2D eigenvalue weighted by atomic mass is 19.1. The van der Waals surface area contributed by atoms with Crippen LogP contribution in [0, 0.1) is 5.82 Å². The Labute approximate surface area is 129 Å². The molecule has 0 saturated carbocycles. The molecule has 6 nitrogen and oxygen atoms in total. The van der Waals surface area contributed by atoms with E-state index in [4.69, 9.17) is 9.05 Å². The summed E-state index contributed by atoms with van der Waals surface area (Å²) in [6.07, 6.45) is 3.29. The number of rotatable bonds is 3. The van der Waals surface area contributed by atoms with Crippen LogP contribution in [0.15, 0.2) is 63.9 Å². The summed E-state index contributed by atoms with van der Waals surface area (Å²) in [6, 6.07) is 11.1. The normalized spacial score (nSPS) is 10.8. The van der Waals surface area contributed by atoms with E-state index in [0.717, 1.165) is 5.56 Å². The van der Waals surface area contributed by atoms with E-state index in [1.54, 1.807) is 42.7 Å². The Hall–Kier alpha value is -3.35. The zero-order valence-electron chi connectivity index (χ0n) is 11.7. The topological polar surface area (TPSA) is 77.8 Å². The average Bonchev–Trinajstić information content (AvgIpc) is 3.26. The molecule has 0 saturated heterocycles. The van der Waals surface area contributed by atoms with Crippen molar-refractivity contribution in [1.29, 1.82) is 0 Å². The Kier molecular flexibility index (Phi) is 3.16. The standard InChI is InChI=1S/C16H9FN4O2/c17-12-3-1-10(2-4-12)14-9-13(20-22-14)16-19-15(21-23-16)11-5-7-18-8-6-11/h1-9H. The summed E-state index contributed by atoms with van der Waals surface area (Å²) in [6.45, 7) is 0. The molecule has 0 aliphatic rings.